The van der Waals surface area contributed by atoms with Crippen LogP contribution in [0.1, 0.15) is 11.5 Å². The fourth-order valence-corrected chi connectivity index (χ4v) is 3.74. The molecule has 3 aromatic rings. The molecule has 0 radical (unpaired) electrons. The summed E-state index contributed by atoms with van der Waals surface area (Å²) in [7, 11) is -1.49. The summed E-state index contributed by atoms with van der Waals surface area (Å²) in [5.74, 6) is -1.77. The Morgan fingerprint density at radius 3 is 2.50 bits per heavy atom. The molecule has 30 heavy (non-hydrogen) atoms. The maximum atomic E-state index is 12.8. The molecule has 0 aliphatic rings. The van der Waals surface area contributed by atoms with Gasteiger partial charge in [-0.05, 0) is 23.8 Å². The maximum absolute atomic E-state index is 12.8. The number of carbonyl (C=O) groups excluding carboxylic acids is 1. The lowest BCUT2D eigenvalue weighted by atomic mass is 10.1. The molecule has 1 aromatic heterocycles. The molecule has 0 spiro atoms. The second-order valence-corrected chi connectivity index (χ2v) is 8.52. The van der Waals surface area contributed by atoms with Gasteiger partial charge in [-0.3, -0.25) is 4.79 Å². The first-order chi connectivity index (χ1) is 14.1. The van der Waals surface area contributed by atoms with Crippen molar-refractivity contribution in [2.75, 3.05) is 13.4 Å². The van der Waals surface area contributed by atoms with Gasteiger partial charge < -0.3 is 9.26 Å². The van der Waals surface area contributed by atoms with Crippen molar-refractivity contribution in [2.24, 2.45) is 4.36 Å². The average molecular weight is 439 g/mol. The van der Waals surface area contributed by atoms with Gasteiger partial charge >= 0.3 is 12.1 Å². The Kier molecular flexibility index (Phi) is 5.92. The van der Waals surface area contributed by atoms with Crippen LogP contribution >= 0.6 is 0 Å². The van der Waals surface area contributed by atoms with E-state index < -0.39 is 27.7 Å². The van der Waals surface area contributed by atoms with Crippen molar-refractivity contribution >= 4 is 15.6 Å². The van der Waals surface area contributed by atoms with Gasteiger partial charge in [-0.25, -0.2) is 4.21 Å². The van der Waals surface area contributed by atoms with Crippen LogP contribution in [0.4, 0.5) is 13.2 Å². The monoisotopic (exact) mass is 439 g/mol. The Hall–Kier alpha value is -3.21. The van der Waals surface area contributed by atoms with Crippen molar-refractivity contribution in [3.8, 4) is 17.1 Å². The van der Waals surface area contributed by atoms with Crippen molar-refractivity contribution in [1.82, 2.24) is 10.1 Å². The minimum Gasteiger partial charge on any atom is -0.497 e. The van der Waals surface area contributed by atoms with Crippen LogP contribution in [0.5, 0.6) is 5.75 Å². The number of ether oxygens (including phenoxy) is 1. The van der Waals surface area contributed by atoms with Crippen molar-refractivity contribution in [3.05, 3.63) is 60.0 Å². The Morgan fingerprint density at radius 1 is 1.20 bits per heavy atom. The topological polar surface area (TPSA) is 94.7 Å². The predicted molar refractivity (Wildman–Crippen MR) is 101 cm³/mol. The Labute approximate surface area is 170 Å². The number of hydrogen-bond donors (Lipinski definition) is 0. The van der Waals surface area contributed by atoms with E-state index in [2.05, 4.69) is 19.0 Å². The van der Waals surface area contributed by atoms with Crippen LogP contribution in [-0.4, -0.2) is 33.6 Å². The highest BCUT2D eigenvalue weighted by Gasteiger charge is 2.38. The van der Waals surface area contributed by atoms with Gasteiger partial charge in [0, 0.05) is 11.8 Å². The molecule has 0 saturated heterocycles. The van der Waals surface area contributed by atoms with E-state index in [0.717, 1.165) is 0 Å². The SMILES string of the molecule is COc1cccc(S(C)(=O)=NC(=O)Cc2ccc(-c3noc(C(F)(F)F)n3)cc2)c1. The quantitative estimate of drug-likeness (QED) is 0.597. The molecular formula is C19H16F3N3O4S. The minimum absolute atomic E-state index is 0.130. The first kappa shape index (κ1) is 21.5. The number of alkyl halides is 3. The Bertz CT molecular complexity index is 1180. The maximum Gasteiger partial charge on any atom is 0.471 e. The van der Waals surface area contributed by atoms with Gasteiger partial charge in [0.05, 0.1) is 28.2 Å². The summed E-state index contributed by atoms with van der Waals surface area (Å²) >= 11 is 0. The van der Waals surface area contributed by atoms with Gasteiger partial charge in [0.25, 0.3) is 5.91 Å². The molecule has 0 aliphatic heterocycles. The Balaban J connectivity index is 1.75. The van der Waals surface area contributed by atoms with E-state index in [9.17, 15) is 22.2 Å². The molecule has 7 nitrogen and oxygen atoms in total. The van der Waals surface area contributed by atoms with E-state index in [0.29, 0.717) is 16.2 Å². The fraction of sp³-hybridized carbons (Fsp3) is 0.211. The first-order valence-electron chi connectivity index (χ1n) is 8.48. The minimum atomic E-state index is -4.73. The highest BCUT2D eigenvalue weighted by atomic mass is 32.2. The lowest BCUT2D eigenvalue weighted by Crippen LogP contribution is -2.06. The summed E-state index contributed by atoms with van der Waals surface area (Å²) in [6.07, 6.45) is -3.50. The second-order valence-electron chi connectivity index (χ2n) is 6.26. The molecule has 1 unspecified atom stereocenters. The van der Waals surface area contributed by atoms with Crippen molar-refractivity contribution < 1.29 is 31.4 Å². The molecule has 158 valence electrons. The first-order valence-corrected chi connectivity index (χ1v) is 10.4. The molecule has 0 aliphatic carbocycles. The predicted octanol–water partition coefficient (Wildman–Crippen LogP) is 3.99. The fourth-order valence-electron chi connectivity index (χ4n) is 2.52. The number of benzene rings is 2. The zero-order chi connectivity index (χ0) is 21.9. The lowest BCUT2D eigenvalue weighted by Gasteiger charge is -2.06. The zero-order valence-electron chi connectivity index (χ0n) is 15.8. The van der Waals surface area contributed by atoms with E-state index in [4.69, 9.17) is 4.74 Å². The number of nitrogens with zero attached hydrogens (tertiary/aromatic N) is 3. The average Bonchev–Trinajstić information content (AvgIpc) is 3.19. The number of halogens is 3. The van der Waals surface area contributed by atoms with Crippen LogP contribution in [0.2, 0.25) is 0 Å². The molecule has 2 aromatic carbocycles. The van der Waals surface area contributed by atoms with E-state index in [1.807, 2.05) is 0 Å². The second kappa shape index (κ2) is 8.27. The van der Waals surface area contributed by atoms with Crippen LogP contribution in [0, 0.1) is 0 Å². The number of methoxy groups -OCH3 is 1. The van der Waals surface area contributed by atoms with Gasteiger partial charge in [-0.15, -0.1) is 0 Å². The zero-order valence-corrected chi connectivity index (χ0v) is 16.7. The number of aromatic nitrogens is 2. The van der Waals surface area contributed by atoms with Crippen LogP contribution in [0.25, 0.3) is 11.4 Å². The number of amides is 1. The summed E-state index contributed by atoms with van der Waals surface area (Å²) in [4.78, 5) is 15.9. The largest absolute Gasteiger partial charge is 0.497 e. The third kappa shape index (κ3) is 5.03. The van der Waals surface area contributed by atoms with Gasteiger partial charge in [0.1, 0.15) is 5.75 Å². The van der Waals surface area contributed by atoms with Crippen LogP contribution in [0.15, 0.2) is 62.3 Å². The standard InChI is InChI=1S/C19H16F3N3O4S/c1-28-14-4-3-5-15(11-14)30(2,27)25-16(26)10-12-6-8-13(9-7-12)17-23-18(29-24-17)19(20,21)22/h3-9,11H,10H2,1-2H3. The van der Waals surface area contributed by atoms with E-state index in [1.165, 1.54) is 37.6 Å². The summed E-state index contributed by atoms with van der Waals surface area (Å²) < 4.78 is 63.6. The molecule has 3 rings (SSSR count). The molecule has 0 bridgehead atoms. The smallest absolute Gasteiger partial charge is 0.471 e. The summed E-state index contributed by atoms with van der Waals surface area (Å²) in [5, 5.41) is 3.30. The van der Waals surface area contributed by atoms with Gasteiger partial charge in [-0.2, -0.15) is 22.5 Å². The van der Waals surface area contributed by atoms with Crippen LogP contribution in [0.3, 0.4) is 0 Å². The summed E-state index contributed by atoms with van der Waals surface area (Å²) in [5.41, 5.74) is 0.825. The molecule has 0 fully saturated rings. The van der Waals surface area contributed by atoms with Gasteiger partial charge in [0.2, 0.25) is 5.82 Å². The molecule has 11 heteroatoms. The number of hydrogen-bond acceptors (Lipinski definition) is 6. The van der Waals surface area contributed by atoms with E-state index in [1.54, 1.807) is 24.3 Å². The van der Waals surface area contributed by atoms with Crippen LogP contribution < -0.4 is 4.74 Å². The molecule has 0 saturated carbocycles. The lowest BCUT2D eigenvalue weighted by molar-refractivity contribution is -0.159. The van der Waals surface area contributed by atoms with E-state index in [-0.39, 0.29) is 17.8 Å². The van der Waals surface area contributed by atoms with Crippen molar-refractivity contribution in [1.29, 1.82) is 0 Å². The van der Waals surface area contributed by atoms with Crippen molar-refractivity contribution in [3.63, 3.8) is 0 Å². The normalized spacial score (nSPS) is 13.5. The van der Waals surface area contributed by atoms with E-state index >= 15 is 0 Å². The molecule has 0 N–H and O–H groups in total. The summed E-state index contributed by atoms with van der Waals surface area (Å²) in [6, 6.07) is 12.4. The van der Waals surface area contributed by atoms with Crippen molar-refractivity contribution in [2.45, 2.75) is 17.5 Å². The molecule has 1 atom stereocenters. The number of rotatable bonds is 5. The highest BCUT2D eigenvalue weighted by Crippen LogP contribution is 2.29. The molecule has 1 heterocycles. The molecule has 1 amide bonds. The number of carbonyl (C=O) groups is 1. The molecular weight excluding hydrogens is 423 g/mol. The third-order valence-corrected chi connectivity index (χ3v) is 5.67. The van der Waals surface area contributed by atoms with Gasteiger partial charge in [-0.1, -0.05) is 35.5 Å². The van der Waals surface area contributed by atoms with Crippen LogP contribution in [-0.2, 0) is 27.1 Å². The highest BCUT2D eigenvalue weighted by molar-refractivity contribution is 7.93. The van der Waals surface area contributed by atoms with Gasteiger partial charge in [0.15, 0.2) is 0 Å². The summed E-state index contributed by atoms with van der Waals surface area (Å²) in [6.45, 7) is 0. The third-order valence-electron chi connectivity index (χ3n) is 3.99. The Morgan fingerprint density at radius 2 is 1.90 bits per heavy atom.